The zero-order valence-corrected chi connectivity index (χ0v) is 23.5. The van der Waals surface area contributed by atoms with Crippen LogP contribution in [0.5, 0.6) is 5.75 Å². The topological polar surface area (TPSA) is 62.3 Å². The van der Waals surface area contributed by atoms with Gasteiger partial charge < -0.3 is 19.3 Å². The lowest BCUT2D eigenvalue weighted by molar-refractivity contribution is -0.0505. The first-order chi connectivity index (χ1) is 17.3. The van der Waals surface area contributed by atoms with E-state index in [0.29, 0.717) is 36.2 Å². The van der Waals surface area contributed by atoms with Crippen molar-refractivity contribution in [1.29, 1.82) is 0 Å². The molecule has 7 nitrogen and oxygen atoms in total. The molecule has 2 aromatic rings. The average Bonchev–Trinajstić information content (AvgIpc) is 3.30. The number of carbonyl (C=O) groups is 2. The number of benzene rings is 2. The summed E-state index contributed by atoms with van der Waals surface area (Å²) in [6, 6.07) is 14.1. The molecule has 4 rings (SSSR count). The van der Waals surface area contributed by atoms with E-state index in [0.717, 1.165) is 12.4 Å². The van der Waals surface area contributed by atoms with Gasteiger partial charge in [0.05, 0.1) is 47.9 Å². The minimum Gasteiger partial charge on any atom is -0.488 e. The van der Waals surface area contributed by atoms with E-state index in [1.807, 2.05) is 19.9 Å². The SMILES string of the molecule is CC(C)N1CN(C(C)C)c2cc(OC(C)(C)CCOC(C)(C)CN3C(=O)c4ccccc4C3=O)ccc21. The highest BCUT2D eigenvalue weighted by Gasteiger charge is 2.39. The predicted octanol–water partition coefficient (Wildman–Crippen LogP) is 5.73. The number of fused-ring (bicyclic) bond motifs is 2. The van der Waals surface area contributed by atoms with Crippen molar-refractivity contribution in [2.24, 2.45) is 0 Å². The van der Waals surface area contributed by atoms with Crippen molar-refractivity contribution in [2.45, 2.75) is 85.1 Å². The van der Waals surface area contributed by atoms with Gasteiger partial charge in [0.15, 0.2) is 0 Å². The maximum absolute atomic E-state index is 12.7. The fourth-order valence-corrected chi connectivity index (χ4v) is 4.99. The molecule has 200 valence electrons. The van der Waals surface area contributed by atoms with Gasteiger partial charge in [-0.25, -0.2) is 0 Å². The Morgan fingerprint density at radius 3 is 1.95 bits per heavy atom. The van der Waals surface area contributed by atoms with Crippen LogP contribution < -0.4 is 14.5 Å². The summed E-state index contributed by atoms with van der Waals surface area (Å²) in [5.41, 5.74) is 2.22. The van der Waals surface area contributed by atoms with Gasteiger partial charge in [0, 0.05) is 24.6 Å². The molecule has 0 bridgehead atoms. The number of nitrogens with zero attached hydrogens (tertiary/aromatic N) is 3. The van der Waals surface area contributed by atoms with Crippen molar-refractivity contribution in [3.05, 3.63) is 53.6 Å². The molecule has 2 aromatic carbocycles. The summed E-state index contributed by atoms with van der Waals surface area (Å²) in [4.78, 5) is 31.6. The van der Waals surface area contributed by atoms with E-state index in [4.69, 9.17) is 9.47 Å². The molecular formula is C30H41N3O4. The lowest BCUT2D eigenvalue weighted by Crippen LogP contribution is -2.44. The quantitative estimate of drug-likeness (QED) is 0.383. The van der Waals surface area contributed by atoms with E-state index in [1.165, 1.54) is 16.3 Å². The molecule has 0 aromatic heterocycles. The molecule has 0 aliphatic carbocycles. The summed E-state index contributed by atoms with van der Waals surface area (Å²) in [7, 11) is 0. The van der Waals surface area contributed by atoms with Gasteiger partial charge in [-0.15, -0.1) is 0 Å². The molecule has 7 heteroatoms. The summed E-state index contributed by atoms with van der Waals surface area (Å²) < 4.78 is 12.6. The van der Waals surface area contributed by atoms with Crippen LogP contribution in [0, 0.1) is 0 Å². The number of amides is 2. The van der Waals surface area contributed by atoms with Crippen LogP contribution in [0.4, 0.5) is 11.4 Å². The summed E-state index contributed by atoms with van der Waals surface area (Å²) in [5, 5.41) is 0. The van der Waals surface area contributed by atoms with Crippen molar-refractivity contribution >= 4 is 23.2 Å². The smallest absolute Gasteiger partial charge is 0.261 e. The van der Waals surface area contributed by atoms with E-state index in [1.54, 1.807) is 24.3 Å². The van der Waals surface area contributed by atoms with Gasteiger partial charge in [-0.2, -0.15) is 0 Å². The Morgan fingerprint density at radius 1 is 0.811 bits per heavy atom. The molecule has 2 heterocycles. The number of ether oxygens (including phenoxy) is 2. The third kappa shape index (κ3) is 5.61. The van der Waals surface area contributed by atoms with Gasteiger partial charge in [0.25, 0.3) is 11.8 Å². The average molecular weight is 508 g/mol. The van der Waals surface area contributed by atoms with Crippen molar-refractivity contribution in [1.82, 2.24) is 4.90 Å². The maximum atomic E-state index is 12.7. The van der Waals surface area contributed by atoms with Gasteiger partial charge in [0.2, 0.25) is 0 Å². The molecule has 0 spiro atoms. The first-order valence-corrected chi connectivity index (χ1v) is 13.3. The second-order valence-corrected chi connectivity index (χ2v) is 11.9. The van der Waals surface area contributed by atoms with Gasteiger partial charge >= 0.3 is 0 Å². The van der Waals surface area contributed by atoms with Gasteiger partial charge in [-0.3, -0.25) is 14.5 Å². The normalized spacial score (nSPS) is 15.8. The van der Waals surface area contributed by atoms with Crippen LogP contribution in [-0.4, -0.2) is 59.8 Å². The highest BCUT2D eigenvalue weighted by Crippen LogP contribution is 2.41. The van der Waals surface area contributed by atoms with E-state index in [2.05, 4.69) is 63.5 Å². The zero-order chi connectivity index (χ0) is 27.1. The standard InChI is InChI=1S/C30H41N3O4/c1-20(2)32-19-33(21(3)4)26-17-22(13-14-25(26)32)37-29(5,6)15-16-36-30(7,8)18-31-27(34)23-11-9-10-12-24(23)28(31)35/h9-14,17,20-21H,15-16,18-19H2,1-8H3. The minimum absolute atomic E-state index is 0.197. The number of hydrogen-bond donors (Lipinski definition) is 0. The second kappa shape index (κ2) is 10.0. The Balaban J connectivity index is 1.36. The van der Waals surface area contributed by atoms with Crippen LogP contribution in [0.3, 0.4) is 0 Å². The highest BCUT2D eigenvalue weighted by molar-refractivity contribution is 6.21. The summed E-state index contributed by atoms with van der Waals surface area (Å²) in [6.45, 7) is 18.3. The Hall–Kier alpha value is -3.06. The largest absolute Gasteiger partial charge is 0.488 e. The Bertz CT molecular complexity index is 1140. The Morgan fingerprint density at radius 2 is 1.38 bits per heavy atom. The highest BCUT2D eigenvalue weighted by atomic mass is 16.5. The summed E-state index contributed by atoms with van der Waals surface area (Å²) >= 11 is 0. The van der Waals surface area contributed by atoms with E-state index in [9.17, 15) is 9.59 Å². The lowest BCUT2D eigenvalue weighted by Gasteiger charge is -2.32. The lowest BCUT2D eigenvalue weighted by atomic mass is 10.0. The van der Waals surface area contributed by atoms with Gasteiger partial charge in [-0.1, -0.05) is 12.1 Å². The number of carbonyl (C=O) groups excluding carboxylic acids is 2. The number of rotatable bonds is 10. The molecule has 0 atom stereocenters. The second-order valence-electron chi connectivity index (χ2n) is 11.9. The minimum atomic E-state index is -0.685. The van der Waals surface area contributed by atoms with Gasteiger partial charge in [-0.05, 0) is 79.7 Å². The summed E-state index contributed by atoms with van der Waals surface area (Å²) in [5.74, 6) is 0.318. The van der Waals surface area contributed by atoms with Crippen LogP contribution in [0.25, 0.3) is 0 Å². The van der Waals surface area contributed by atoms with E-state index in [-0.39, 0.29) is 18.4 Å². The molecule has 0 saturated heterocycles. The molecule has 37 heavy (non-hydrogen) atoms. The molecule has 0 radical (unpaired) electrons. The number of anilines is 2. The Kier molecular flexibility index (Phi) is 7.30. The van der Waals surface area contributed by atoms with Crippen LogP contribution in [0.15, 0.2) is 42.5 Å². The third-order valence-electron chi connectivity index (χ3n) is 7.13. The van der Waals surface area contributed by atoms with Crippen molar-refractivity contribution in [3.8, 4) is 5.75 Å². The van der Waals surface area contributed by atoms with E-state index < -0.39 is 11.2 Å². The molecule has 2 amide bonds. The summed E-state index contributed by atoms with van der Waals surface area (Å²) in [6.07, 6.45) is 0.654. The molecule has 0 fully saturated rings. The van der Waals surface area contributed by atoms with E-state index >= 15 is 0 Å². The van der Waals surface area contributed by atoms with Crippen molar-refractivity contribution in [2.75, 3.05) is 29.6 Å². The van der Waals surface area contributed by atoms with Crippen LogP contribution in [0.2, 0.25) is 0 Å². The molecule has 2 aliphatic heterocycles. The van der Waals surface area contributed by atoms with Crippen LogP contribution in [0.1, 0.15) is 82.5 Å². The third-order valence-corrected chi connectivity index (χ3v) is 7.13. The molecule has 0 N–H and O–H groups in total. The monoisotopic (exact) mass is 507 g/mol. The first-order valence-electron chi connectivity index (χ1n) is 13.3. The van der Waals surface area contributed by atoms with Crippen molar-refractivity contribution in [3.63, 3.8) is 0 Å². The fourth-order valence-electron chi connectivity index (χ4n) is 4.99. The predicted molar refractivity (Wildman–Crippen MR) is 148 cm³/mol. The Labute approximate surface area is 221 Å². The molecule has 2 aliphatic rings. The van der Waals surface area contributed by atoms with Gasteiger partial charge in [0.1, 0.15) is 11.4 Å². The molecular weight excluding hydrogens is 466 g/mol. The first kappa shape index (κ1) is 27.0. The molecule has 0 unspecified atom stereocenters. The van der Waals surface area contributed by atoms with Crippen LogP contribution >= 0.6 is 0 Å². The molecule has 0 saturated carbocycles. The van der Waals surface area contributed by atoms with Crippen LogP contribution in [-0.2, 0) is 4.74 Å². The zero-order valence-electron chi connectivity index (χ0n) is 23.5. The number of hydrogen-bond acceptors (Lipinski definition) is 6. The maximum Gasteiger partial charge on any atom is 0.261 e. The van der Waals surface area contributed by atoms with Crippen molar-refractivity contribution < 1.29 is 19.1 Å². The number of imide groups is 1. The fraction of sp³-hybridized carbons (Fsp3) is 0.533.